The smallest absolute Gasteiger partial charge is 0.261 e. The molecule has 10 rings (SSSR count). The average Bonchev–Trinajstić information content (AvgIpc) is 0.750. The van der Waals surface area contributed by atoms with E-state index in [0.717, 1.165) is 117 Å². The van der Waals surface area contributed by atoms with Crippen molar-refractivity contribution in [3.05, 3.63) is 101 Å². The Bertz CT molecular complexity index is 3960. The van der Waals surface area contributed by atoms with Gasteiger partial charge in [0, 0.05) is 45.4 Å². The lowest BCUT2D eigenvalue weighted by Crippen LogP contribution is -2.29. The topological polar surface area (TPSA) is 130 Å². The van der Waals surface area contributed by atoms with E-state index in [1.807, 2.05) is 24.3 Å². The van der Waals surface area contributed by atoms with Gasteiger partial charge < -0.3 is 0 Å². The summed E-state index contributed by atoms with van der Waals surface area (Å²) < 4.78 is 3.11. The Morgan fingerprint density at radius 3 is 0.663 bits per heavy atom. The molecule has 0 saturated heterocycles. The van der Waals surface area contributed by atoms with Crippen molar-refractivity contribution in [3.63, 3.8) is 0 Å². The molecule has 0 bridgehead atoms. The maximum atomic E-state index is 14.8. The number of fused-ring (bicyclic) bond motifs is 10. The van der Waals surface area contributed by atoms with Crippen LogP contribution < -0.4 is 22.2 Å². The molecule has 0 fully saturated rings. The molecule has 0 radical (unpaired) electrons. The van der Waals surface area contributed by atoms with Gasteiger partial charge in [-0.2, -0.15) is 0 Å². The zero-order valence-electron chi connectivity index (χ0n) is 62.8. The maximum absolute atomic E-state index is 14.8. The first-order chi connectivity index (χ1) is 47.4. The molecule has 10 heteroatoms. The molecule has 0 aliphatic heterocycles. The van der Waals surface area contributed by atoms with Crippen molar-refractivity contribution in [2.45, 2.75) is 350 Å². The molecule has 2 unspecified atom stereocenters. The first-order valence-corrected chi connectivity index (χ1v) is 40.3. The minimum atomic E-state index is -0.287. The maximum Gasteiger partial charge on any atom is 0.261 e. The summed E-state index contributed by atoms with van der Waals surface area (Å²) in [6.45, 7) is 23.4. The minimum Gasteiger partial charge on any atom is -0.274 e. The summed E-state index contributed by atoms with van der Waals surface area (Å²) in [5.41, 5.74) is 5.97. The molecule has 0 amide bonds. The summed E-state index contributed by atoms with van der Waals surface area (Å²) in [6.07, 6.45) is 49.8. The predicted molar refractivity (Wildman–Crippen MR) is 422 cm³/mol. The number of rotatable bonds is 44. The third kappa shape index (κ3) is 18.1. The van der Waals surface area contributed by atoms with Crippen LogP contribution in [0.3, 0.4) is 0 Å². The second kappa shape index (κ2) is 35.4. The Morgan fingerprint density at radius 1 is 0.276 bits per heavy atom. The molecular weight excluding hydrogens is 1210 g/mol. The van der Waals surface area contributed by atoms with Crippen LogP contribution in [0.2, 0.25) is 0 Å². The summed E-state index contributed by atoms with van der Waals surface area (Å²) in [6, 6.07) is 16.5. The standard InChI is InChI=1S/C88H124N6O4/c1-11-15-19-23-27-31-33-37-41-45-49-61(47-43-39-35-29-25-21-17-13-3)59-93-83(95)65-55-73-74(56-66(65)84(93)96)90-80-70-52-64(88(8,9)10)54-72-78(70)77-69(79(80)89-73)51-63(87(5,6)7)53-71(77)81-82(72)92-76-58-68-67(57-75(76)91-81)85(97)94(86(68)98)60-62(48-44-40-36-30-26-22-18-14-4)50-46-42-38-34-32-28-24-20-16-12-2/h51-58,61-62H,11-50,59-60H2,1-10H3. The second-order valence-corrected chi connectivity index (χ2v) is 32.6. The van der Waals surface area contributed by atoms with E-state index in [-0.39, 0.29) is 44.9 Å². The summed E-state index contributed by atoms with van der Waals surface area (Å²) >= 11 is 0. The molecule has 2 atom stereocenters. The Kier molecular flexibility index (Phi) is 26.9. The highest BCUT2D eigenvalue weighted by atomic mass is 16.2. The summed E-state index contributed by atoms with van der Waals surface area (Å²) in [5, 5.41) is 7.42. The van der Waals surface area contributed by atoms with Gasteiger partial charge in [-0.05, 0) is 108 Å². The molecule has 0 spiro atoms. The Hall–Kier alpha value is -6.16. The van der Waals surface area contributed by atoms with E-state index in [4.69, 9.17) is 19.9 Å². The van der Waals surface area contributed by atoms with Crippen LogP contribution in [0.4, 0.5) is 0 Å². The normalized spacial score (nSPS) is 13.4. The van der Waals surface area contributed by atoms with E-state index in [9.17, 15) is 19.2 Å². The monoisotopic (exact) mass is 1330 g/mol. The molecule has 530 valence electrons. The summed E-state index contributed by atoms with van der Waals surface area (Å²) in [4.78, 5) is 81.5. The molecule has 4 heterocycles. The van der Waals surface area contributed by atoms with Crippen LogP contribution in [0, 0.1) is 11.8 Å². The quantitative estimate of drug-likeness (QED) is 0.0210. The lowest BCUT2D eigenvalue weighted by Gasteiger charge is -2.25. The second-order valence-electron chi connectivity index (χ2n) is 32.6. The zero-order chi connectivity index (χ0) is 69.3. The fraction of sp³-hybridized carbons (Fsp3) is 0.636. The van der Waals surface area contributed by atoms with Crippen molar-refractivity contribution in [2.75, 3.05) is 0 Å². The van der Waals surface area contributed by atoms with Gasteiger partial charge in [-0.3, -0.25) is 28.3 Å². The lowest BCUT2D eigenvalue weighted by molar-refractivity contribution is 0.351. The SMILES string of the molecule is CCCCCCCCCCCCC(CCCCCCCCCC)Cn1c(=O)c2cc3nc4c5cc(C(C)(C)C)cc6c7nc8cc9c(=O)n(CC(CCCCCCCCCC)CCCCCCCCCCCC)c(=O)c9cc8nc7c7cc(C(C)(C)C)cc(c4nc3cc2c1=O)c7c56. The largest absolute Gasteiger partial charge is 0.274 e. The van der Waals surface area contributed by atoms with E-state index in [2.05, 4.69) is 93.5 Å². The third-order valence-electron chi connectivity index (χ3n) is 22.5. The zero-order valence-corrected chi connectivity index (χ0v) is 62.8. The van der Waals surface area contributed by atoms with Crippen molar-refractivity contribution >= 4 is 98.0 Å². The van der Waals surface area contributed by atoms with Crippen molar-refractivity contribution in [1.29, 1.82) is 0 Å². The van der Waals surface area contributed by atoms with Gasteiger partial charge in [-0.15, -0.1) is 0 Å². The van der Waals surface area contributed by atoms with Gasteiger partial charge in [0.05, 0.1) is 65.7 Å². The minimum absolute atomic E-state index is 0.225. The highest BCUT2D eigenvalue weighted by Crippen LogP contribution is 2.47. The Morgan fingerprint density at radius 2 is 0.469 bits per heavy atom. The van der Waals surface area contributed by atoms with E-state index < -0.39 is 0 Å². The van der Waals surface area contributed by atoms with Crippen LogP contribution in [0.15, 0.2) is 67.7 Å². The molecule has 0 saturated carbocycles. The molecule has 10 nitrogen and oxygen atoms in total. The van der Waals surface area contributed by atoms with Gasteiger partial charge in [-0.25, -0.2) is 19.9 Å². The van der Waals surface area contributed by atoms with Crippen molar-refractivity contribution in [3.8, 4) is 0 Å². The number of hydrogen-bond acceptors (Lipinski definition) is 8. The molecule has 4 aromatic heterocycles. The van der Waals surface area contributed by atoms with Crippen LogP contribution >= 0.6 is 0 Å². The number of aromatic nitrogens is 6. The fourth-order valence-corrected chi connectivity index (χ4v) is 16.3. The fourth-order valence-electron chi connectivity index (χ4n) is 16.3. The van der Waals surface area contributed by atoms with Crippen LogP contribution in [0.25, 0.3) is 98.0 Å². The lowest BCUT2D eigenvalue weighted by atomic mass is 9.80. The number of benzene rings is 6. The number of nitrogens with zero attached hydrogens (tertiary/aromatic N) is 6. The molecule has 0 aliphatic carbocycles. The first-order valence-electron chi connectivity index (χ1n) is 40.3. The van der Waals surface area contributed by atoms with Gasteiger partial charge in [0.15, 0.2) is 0 Å². The highest BCUT2D eigenvalue weighted by molar-refractivity contribution is 6.39. The van der Waals surface area contributed by atoms with Gasteiger partial charge in [0.1, 0.15) is 0 Å². The van der Waals surface area contributed by atoms with E-state index >= 15 is 0 Å². The van der Waals surface area contributed by atoms with Gasteiger partial charge in [0.2, 0.25) is 0 Å². The molecular formula is C88H124N6O4. The van der Waals surface area contributed by atoms with Crippen LogP contribution in [0.5, 0.6) is 0 Å². The third-order valence-corrected chi connectivity index (χ3v) is 22.5. The van der Waals surface area contributed by atoms with Gasteiger partial charge in [-0.1, -0.05) is 300 Å². The predicted octanol–water partition coefficient (Wildman–Crippen LogP) is 24.5. The van der Waals surface area contributed by atoms with Crippen LogP contribution in [0.1, 0.15) is 337 Å². The van der Waals surface area contributed by atoms with Gasteiger partial charge in [0.25, 0.3) is 22.2 Å². The van der Waals surface area contributed by atoms with Crippen LogP contribution in [-0.2, 0) is 23.9 Å². The summed E-state index contributed by atoms with van der Waals surface area (Å²) in [7, 11) is 0. The van der Waals surface area contributed by atoms with E-state index in [1.54, 1.807) is 9.13 Å². The molecule has 6 aromatic carbocycles. The summed E-state index contributed by atoms with van der Waals surface area (Å²) in [5.74, 6) is 0.513. The van der Waals surface area contributed by atoms with E-state index in [1.165, 1.54) is 205 Å². The molecule has 98 heavy (non-hydrogen) atoms. The Balaban J connectivity index is 1.02. The average molecular weight is 1330 g/mol. The highest BCUT2D eigenvalue weighted by Gasteiger charge is 2.29. The van der Waals surface area contributed by atoms with Crippen LogP contribution in [-0.4, -0.2) is 29.1 Å². The first kappa shape index (κ1) is 74.5. The number of hydrogen-bond donors (Lipinski definition) is 0. The van der Waals surface area contributed by atoms with Crippen molar-refractivity contribution in [2.24, 2.45) is 11.8 Å². The number of unbranched alkanes of at least 4 members (excludes halogenated alkanes) is 32. The molecule has 0 N–H and O–H groups in total. The van der Waals surface area contributed by atoms with Gasteiger partial charge >= 0.3 is 0 Å². The molecule has 10 aromatic rings. The van der Waals surface area contributed by atoms with Crippen molar-refractivity contribution < 1.29 is 0 Å². The Labute approximate surface area is 586 Å². The van der Waals surface area contributed by atoms with E-state index in [0.29, 0.717) is 56.7 Å². The molecule has 0 aliphatic rings. The van der Waals surface area contributed by atoms with Crippen molar-refractivity contribution in [1.82, 2.24) is 29.1 Å².